The fourth-order valence-corrected chi connectivity index (χ4v) is 2.89. The summed E-state index contributed by atoms with van der Waals surface area (Å²) in [7, 11) is 1.39. The van der Waals surface area contributed by atoms with Gasteiger partial charge in [0, 0.05) is 16.8 Å². The molecule has 1 aromatic rings. The van der Waals surface area contributed by atoms with Crippen LogP contribution >= 0.6 is 0 Å². The van der Waals surface area contributed by atoms with Crippen molar-refractivity contribution in [3.63, 3.8) is 0 Å². The first-order chi connectivity index (χ1) is 9.43. The average Bonchev–Trinajstić information content (AvgIpc) is 2.46. The van der Waals surface area contributed by atoms with Gasteiger partial charge in [-0.25, -0.2) is 0 Å². The van der Waals surface area contributed by atoms with Gasteiger partial charge in [0.25, 0.3) is 0 Å². The van der Waals surface area contributed by atoms with E-state index in [9.17, 15) is 0 Å². The first-order valence-corrected chi connectivity index (χ1v) is 9.59. The molecule has 108 valence electrons. The molecular weight excluding hydrogens is 246 g/mol. The highest BCUT2D eigenvalue weighted by molar-refractivity contribution is 6.08. The van der Waals surface area contributed by atoms with Crippen LogP contribution in [0.3, 0.4) is 0 Å². The molecule has 0 unspecified atom stereocenters. The lowest BCUT2D eigenvalue weighted by Gasteiger charge is -2.05. The predicted octanol–water partition coefficient (Wildman–Crippen LogP) is 3.68. The van der Waals surface area contributed by atoms with Crippen LogP contribution in [0, 0.1) is 0 Å². The van der Waals surface area contributed by atoms with Crippen molar-refractivity contribution in [3.8, 4) is 0 Å². The van der Waals surface area contributed by atoms with Gasteiger partial charge in [0.15, 0.2) is 0 Å². The first-order valence-electron chi connectivity index (χ1n) is 8.18. The van der Waals surface area contributed by atoms with Gasteiger partial charge in [-0.3, -0.25) is 0 Å². The fourth-order valence-electron chi connectivity index (χ4n) is 2.39. The zero-order valence-corrected chi connectivity index (χ0v) is 14.7. The van der Waals surface area contributed by atoms with E-state index in [4.69, 9.17) is 0 Å². The van der Waals surface area contributed by atoms with Gasteiger partial charge in [0.1, 0.15) is 0 Å². The van der Waals surface area contributed by atoms with Crippen LogP contribution in [0.5, 0.6) is 0 Å². The minimum absolute atomic E-state index is 1.02. The van der Waals surface area contributed by atoms with E-state index in [0.717, 1.165) is 13.1 Å². The van der Waals surface area contributed by atoms with Crippen molar-refractivity contribution in [3.05, 3.63) is 35.9 Å². The summed E-state index contributed by atoms with van der Waals surface area (Å²) in [4.78, 5) is 0. The third kappa shape index (κ3) is 9.91. The Balaban J connectivity index is 1.79. The molecule has 0 saturated carbocycles. The smallest absolute Gasteiger partial charge is 0.0205 e. The predicted molar refractivity (Wildman–Crippen MR) is 89.8 cm³/mol. The van der Waals surface area contributed by atoms with Gasteiger partial charge >= 0.3 is 0 Å². The summed E-state index contributed by atoms with van der Waals surface area (Å²) in [5.74, 6) is 0. The molecule has 0 heterocycles. The van der Waals surface area contributed by atoms with Crippen molar-refractivity contribution in [2.24, 2.45) is 0 Å². The molecule has 0 saturated heterocycles. The Morgan fingerprint density at radius 1 is 0.737 bits per heavy atom. The van der Waals surface area contributed by atoms with Crippen LogP contribution in [-0.2, 0) is 6.54 Å². The van der Waals surface area contributed by atoms with E-state index in [-0.39, 0.29) is 0 Å². The van der Waals surface area contributed by atoms with Crippen LogP contribution in [0.4, 0.5) is 0 Å². The maximum absolute atomic E-state index is 3.52. The highest BCUT2D eigenvalue weighted by Crippen LogP contribution is 2.09. The lowest BCUT2D eigenvalue weighted by molar-refractivity contribution is 0.555. The van der Waals surface area contributed by atoms with Crippen molar-refractivity contribution in [1.82, 2.24) is 5.32 Å². The molecule has 0 bridgehead atoms. The Kier molecular flexibility index (Phi) is 10.8. The molecule has 0 aliphatic rings. The summed E-state index contributed by atoms with van der Waals surface area (Å²) in [6, 6.07) is 12.2. The standard InChI is InChI=1S/C17H31NSi/c19-15-11-6-4-2-1-3-5-10-14-18-16-17-12-8-7-9-13-17/h7-9,12-13,18H,1-6,10-11,14-16H2,19H3. The molecule has 0 amide bonds. The Labute approximate surface area is 122 Å². The minimum Gasteiger partial charge on any atom is -0.313 e. The van der Waals surface area contributed by atoms with Crippen molar-refractivity contribution in [2.45, 2.75) is 64.0 Å². The van der Waals surface area contributed by atoms with Gasteiger partial charge < -0.3 is 5.32 Å². The van der Waals surface area contributed by atoms with Gasteiger partial charge in [-0.1, -0.05) is 81.3 Å². The van der Waals surface area contributed by atoms with Crippen LogP contribution in [0.2, 0.25) is 6.04 Å². The third-order valence-corrected chi connectivity index (χ3v) is 4.34. The molecule has 1 rings (SSSR count). The topological polar surface area (TPSA) is 12.0 Å². The number of unbranched alkanes of at least 4 members (excludes halogenated alkanes) is 7. The number of rotatable bonds is 12. The van der Waals surface area contributed by atoms with Crippen LogP contribution < -0.4 is 5.32 Å². The van der Waals surface area contributed by atoms with E-state index in [0.29, 0.717) is 0 Å². The van der Waals surface area contributed by atoms with E-state index in [1.165, 1.54) is 73.2 Å². The van der Waals surface area contributed by atoms with Gasteiger partial charge in [0.05, 0.1) is 0 Å². The summed E-state index contributed by atoms with van der Waals surface area (Å²) in [6.45, 7) is 2.18. The maximum Gasteiger partial charge on any atom is 0.0205 e. The monoisotopic (exact) mass is 277 g/mol. The quantitative estimate of drug-likeness (QED) is 0.454. The Morgan fingerprint density at radius 3 is 1.95 bits per heavy atom. The van der Waals surface area contributed by atoms with Crippen molar-refractivity contribution < 1.29 is 0 Å². The summed E-state index contributed by atoms with van der Waals surface area (Å²) in [5, 5.41) is 3.52. The summed E-state index contributed by atoms with van der Waals surface area (Å²) >= 11 is 0. The van der Waals surface area contributed by atoms with Crippen molar-refractivity contribution in [1.29, 1.82) is 0 Å². The summed E-state index contributed by atoms with van der Waals surface area (Å²) < 4.78 is 0. The molecule has 1 N–H and O–H groups in total. The second kappa shape index (κ2) is 12.4. The molecule has 0 fully saturated rings. The third-order valence-electron chi connectivity index (χ3n) is 3.63. The van der Waals surface area contributed by atoms with Gasteiger partial charge in [-0.15, -0.1) is 0 Å². The SMILES string of the molecule is [SiH3]CCCCCCCCCCNCc1ccccc1. The minimum atomic E-state index is 1.02. The summed E-state index contributed by atoms with van der Waals surface area (Å²) in [6.07, 6.45) is 11.5. The molecule has 19 heavy (non-hydrogen) atoms. The van der Waals surface area contributed by atoms with E-state index < -0.39 is 0 Å². The highest BCUT2D eigenvalue weighted by Gasteiger charge is 1.93. The van der Waals surface area contributed by atoms with E-state index in [1.807, 2.05) is 0 Å². The molecule has 0 spiro atoms. The van der Waals surface area contributed by atoms with Gasteiger partial charge in [-0.2, -0.15) is 0 Å². The molecule has 2 heteroatoms. The van der Waals surface area contributed by atoms with Crippen LogP contribution in [0.15, 0.2) is 30.3 Å². The molecule has 0 atom stereocenters. The molecule has 0 aliphatic carbocycles. The zero-order valence-electron chi connectivity index (χ0n) is 12.7. The largest absolute Gasteiger partial charge is 0.313 e. The van der Waals surface area contributed by atoms with Crippen LogP contribution in [-0.4, -0.2) is 16.8 Å². The zero-order chi connectivity index (χ0) is 13.6. The van der Waals surface area contributed by atoms with E-state index >= 15 is 0 Å². The molecule has 0 aliphatic heterocycles. The van der Waals surface area contributed by atoms with Crippen LogP contribution in [0.25, 0.3) is 0 Å². The lowest BCUT2D eigenvalue weighted by atomic mass is 10.1. The van der Waals surface area contributed by atoms with Crippen molar-refractivity contribution in [2.75, 3.05) is 6.54 Å². The van der Waals surface area contributed by atoms with Gasteiger partial charge in [-0.05, 0) is 18.5 Å². The maximum atomic E-state index is 3.52. The molecule has 1 aromatic carbocycles. The number of hydrogen-bond acceptors (Lipinski definition) is 1. The second-order valence-electron chi connectivity index (χ2n) is 5.49. The molecular formula is C17H31NSi. The number of nitrogens with one attached hydrogen (secondary N) is 1. The Bertz CT molecular complexity index is 287. The van der Waals surface area contributed by atoms with Crippen LogP contribution in [0.1, 0.15) is 56.9 Å². The van der Waals surface area contributed by atoms with E-state index in [1.54, 1.807) is 0 Å². The Hall–Kier alpha value is -0.603. The average molecular weight is 278 g/mol. The number of hydrogen-bond donors (Lipinski definition) is 1. The number of benzene rings is 1. The van der Waals surface area contributed by atoms with Crippen molar-refractivity contribution >= 4 is 10.2 Å². The lowest BCUT2D eigenvalue weighted by Crippen LogP contribution is -2.14. The van der Waals surface area contributed by atoms with E-state index in [2.05, 4.69) is 35.6 Å². The highest BCUT2D eigenvalue weighted by atomic mass is 28.1. The first kappa shape index (κ1) is 16.5. The second-order valence-corrected chi connectivity index (χ2v) is 6.49. The molecule has 1 nitrogen and oxygen atoms in total. The fraction of sp³-hybridized carbons (Fsp3) is 0.647. The molecule has 0 radical (unpaired) electrons. The molecule has 0 aromatic heterocycles. The Morgan fingerprint density at radius 2 is 1.32 bits per heavy atom. The summed E-state index contributed by atoms with van der Waals surface area (Å²) in [5.41, 5.74) is 1.39. The normalized spacial score (nSPS) is 10.9. The van der Waals surface area contributed by atoms with Gasteiger partial charge in [0.2, 0.25) is 0 Å².